The van der Waals surface area contributed by atoms with Crippen molar-refractivity contribution in [3.8, 4) is 0 Å². The molecule has 0 unspecified atom stereocenters. The van der Waals surface area contributed by atoms with Crippen molar-refractivity contribution < 1.29 is 0 Å². The molecular weight excluding hydrogens is 152 g/mol. The van der Waals surface area contributed by atoms with Crippen LogP contribution in [-0.2, 0) is 6.54 Å². The van der Waals surface area contributed by atoms with Crippen LogP contribution in [0.1, 0.15) is 12.8 Å². The van der Waals surface area contributed by atoms with E-state index in [-0.39, 0.29) is 5.56 Å². The summed E-state index contributed by atoms with van der Waals surface area (Å²) in [7, 11) is 0. The second-order valence-electron chi connectivity index (χ2n) is 3.36. The van der Waals surface area contributed by atoms with Gasteiger partial charge in [-0.1, -0.05) is 0 Å². The van der Waals surface area contributed by atoms with Crippen LogP contribution < -0.4 is 11.3 Å². The summed E-state index contributed by atoms with van der Waals surface area (Å²) in [6.07, 6.45) is 4.31. The predicted octanol–water partition coefficient (Wildman–Crippen LogP) is 0.841. The molecule has 3 nitrogen and oxygen atoms in total. The Bertz CT molecular complexity index is 339. The van der Waals surface area contributed by atoms with Gasteiger partial charge in [-0.05, 0) is 30.9 Å². The molecule has 0 atom stereocenters. The Morgan fingerprint density at radius 1 is 1.58 bits per heavy atom. The van der Waals surface area contributed by atoms with Crippen LogP contribution in [-0.4, -0.2) is 4.57 Å². The second kappa shape index (κ2) is 2.66. The summed E-state index contributed by atoms with van der Waals surface area (Å²) in [4.78, 5) is 11.4. The molecule has 0 spiro atoms. The Kier molecular flexibility index (Phi) is 1.64. The molecule has 1 saturated carbocycles. The molecule has 1 aromatic rings. The monoisotopic (exact) mass is 164 g/mol. The minimum absolute atomic E-state index is 0.0515. The number of rotatable bonds is 2. The molecule has 12 heavy (non-hydrogen) atoms. The van der Waals surface area contributed by atoms with E-state index in [4.69, 9.17) is 5.73 Å². The van der Waals surface area contributed by atoms with Crippen molar-refractivity contribution in [2.45, 2.75) is 19.4 Å². The zero-order valence-electron chi connectivity index (χ0n) is 6.86. The summed E-state index contributed by atoms with van der Waals surface area (Å²) in [5, 5.41) is 0. The van der Waals surface area contributed by atoms with Crippen molar-refractivity contribution in [2.24, 2.45) is 5.92 Å². The van der Waals surface area contributed by atoms with Gasteiger partial charge in [0.1, 0.15) is 0 Å². The van der Waals surface area contributed by atoms with E-state index in [1.807, 2.05) is 6.07 Å². The van der Waals surface area contributed by atoms with Crippen molar-refractivity contribution in [3.63, 3.8) is 0 Å². The minimum atomic E-state index is -0.0515. The lowest BCUT2D eigenvalue weighted by molar-refractivity contribution is 0.608. The van der Waals surface area contributed by atoms with E-state index in [1.165, 1.54) is 12.8 Å². The van der Waals surface area contributed by atoms with Gasteiger partial charge in [-0.3, -0.25) is 4.79 Å². The number of aromatic nitrogens is 1. The van der Waals surface area contributed by atoms with E-state index in [1.54, 1.807) is 16.8 Å². The smallest absolute Gasteiger partial charge is 0.273 e. The third-order valence-corrected chi connectivity index (χ3v) is 2.20. The van der Waals surface area contributed by atoms with Crippen molar-refractivity contribution in [1.29, 1.82) is 0 Å². The van der Waals surface area contributed by atoms with Crippen LogP contribution in [0.3, 0.4) is 0 Å². The van der Waals surface area contributed by atoms with E-state index in [0.717, 1.165) is 6.54 Å². The lowest BCUT2D eigenvalue weighted by Gasteiger charge is -2.03. The van der Waals surface area contributed by atoms with Gasteiger partial charge in [0.2, 0.25) is 0 Å². The van der Waals surface area contributed by atoms with Gasteiger partial charge < -0.3 is 10.3 Å². The van der Waals surface area contributed by atoms with Gasteiger partial charge in [-0.2, -0.15) is 0 Å². The standard InChI is InChI=1S/C9H12N2O/c10-8-2-1-5-11(9(8)12)6-7-3-4-7/h1-2,5,7H,3-4,6,10H2. The minimum Gasteiger partial charge on any atom is -0.394 e. The SMILES string of the molecule is Nc1cccn(CC2CC2)c1=O. The van der Waals surface area contributed by atoms with Crippen LogP contribution >= 0.6 is 0 Å². The maximum atomic E-state index is 11.4. The Hall–Kier alpha value is -1.25. The van der Waals surface area contributed by atoms with Crippen LogP contribution in [0.2, 0.25) is 0 Å². The Morgan fingerprint density at radius 2 is 2.33 bits per heavy atom. The third kappa shape index (κ3) is 1.35. The van der Waals surface area contributed by atoms with Crippen molar-refractivity contribution in [2.75, 3.05) is 5.73 Å². The Morgan fingerprint density at radius 3 is 3.00 bits per heavy atom. The average Bonchev–Trinajstić information content (AvgIpc) is 2.83. The summed E-state index contributed by atoms with van der Waals surface area (Å²) in [5.74, 6) is 0.712. The lowest BCUT2D eigenvalue weighted by atomic mass is 10.3. The first-order chi connectivity index (χ1) is 5.77. The fourth-order valence-corrected chi connectivity index (χ4v) is 1.28. The molecule has 0 radical (unpaired) electrons. The first-order valence-corrected chi connectivity index (χ1v) is 4.22. The van der Waals surface area contributed by atoms with Crippen LogP contribution in [0.25, 0.3) is 0 Å². The molecule has 1 heterocycles. The van der Waals surface area contributed by atoms with Crippen molar-refractivity contribution >= 4 is 5.69 Å². The van der Waals surface area contributed by atoms with Gasteiger partial charge in [-0.25, -0.2) is 0 Å². The van der Waals surface area contributed by atoms with Crippen LogP contribution in [0.15, 0.2) is 23.1 Å². The molecule has 0 aliphatic heterocycles. The molecule has 2 N–H and O–H groups in total. The fourth-order valence-electron chi connectivity index (χ4n) is 1.28. The molecule has 1 fully saturated rings. The van der Waals surface area contributed by atoms with Crippen molar-refractivity contribution in [1.82, 2.24) is 4.57 Å². The first-order valence-electron chi connectivity index (χ1n) is 4.22. The number of hydrogen-bond donors (Lipinski definition) is 1. The molecule has 2 rings (SSSR count). The maximum Gasteiger partial charge on any atom is 0.273 e. The third-order valence-electron chi connectivity index (χ3n) is 2.20. The van der Waals surface area contributed by atoms with Gasteiger partial charge in [-0.15, -0.1) is 0 Å². The van der Waals surface area contributed by atoms with E-state index in [9.17, 15) is 4.79 Å². The first kappa shape index (κ1) is 7.40. The quantitative estimate of drug-likeness (QED) is 0.704. The summed E-state index contributed by atoms with van der Waals surface area (Å²) < 4.78 is 1.70. The number of hydrogen-bond acceptors (Lipinski definition) is 2. The molecular formula is C9H12N2O. The zero-order valence-corrected chi connectivity index (χ0v) is 6.86. The van der Waals surface area contributed by atoms with Crippen LogP contribution in [0.5, 0.6) is 0 Å². The topological polar surface area (TPSA) is 48.0 Å². The van der Waals surface area contributed by atoms with E-state index >= 15 is 0 Å². The van der Waals surface area contributed by atoms with Crippen LogP contribution in [0.4, 0.5) is 5.69 Å². The Labute approximate surface area is 70.8 Å². The molecule has 0 saturated heterocycles. The van der Waals surface area contributed by atoms with Gasteiger partial charge >= 0.3 is 0 Å². The lowest BCUT2D eigenvalue weighted by Crippen LogP contribution is -2.22. The molecule has 0 amide bonds. The largest absolute Gasteiger partial charge is 0.394 e. The molecule has 1 aliphatic carbocycles. The highest BCUT2D eigenvalue weighted by Gasteiger charge is 2.21. The summed E-state index contributed by atoms with van der Waals surface area (Å²) in [6, 6.07) is 3.46. The van der Waals surface area contributed by atoms with Gasteiger partial charge in [0.15, 0.2) is 0 Å². The van der Waals surface area contributed by atoms with E-state index in [0.29, 0.717) is 11.6 Å². The highest BCUT2D eigenvalue weighted by Crippen LogP contribution is 2.29. The van der Waals surface area contributed by atoms with Crippen LogP contribution in [0, 0.1) is 5.92 Å². The fraction of sp³-hybridized carbons (Fsp3) is 0.444. The van der Waals surface area contributed by atoms with Gasteiger partial charge in [0.05, 0.1) is 5.69 Å². The normalized spacial score (nSPS) is 16.3. The highest BCUT2D eigenvalue weighted by atomic mass is 16.1. The number of nitrogens with two attached hydrogens (primary N) is 1. The summed E-state index contributed by atoms with van der Waals surface area (Å²) in [6.45, 7) is 0.837. The van der Waals surface area contributed by atoms with Gasteiger partial charge in [0.25, 0.3) is 5.56 Å². The highest BCUT2D eigenvalue weighted by molar-refractivity contribution is 5.33. The number of nitrogens with zero attached hydrogens (tertiary/aromatic N) is 1. The predicted molar refractivity (Wildman–Crippen MR) is 47.8 cm³/mol. The number of pyridine rings is 1. The number of anilines is 1. The second-order valence-corrected chi connectivity index (χ2v) is 3.36. The Balaban J connectivity index is 2.29. The maximum absolute atomic E-state index is 11.4. The average molecular weight is 164 g/mol. The number of nitrogen functional groups attached to an aromatic ring is 1. The van der Waals surface area contributed by atoms with E-state index in [2.05, 4.69) is 0 Å². The summed E-state index contributed by atoms with van der Waals surface area (Å²) in [5.41, 5.74) is 5.78. The zero-order chi connectivity index (χ0) is 8.55. The molecule has 1 aromatic heterocycles. The summed E-state index contributed by atoms with van der Waals surface area (Å²) >= 11 is 0. The van der Waals surface area contributed by atoms with E-state index < -0.39 is 0 Å². The molecule has 0 aromatic carbocycles. The molecule has 64 valence electrons. The van der Waals surface area contributed by atoms with Gasteiger partial charge in [0, 0.05) is 12.7 Å². The molecule has 0 bridgehead atoms. The van der Waals surface area contributed by atoms with Crippen molar-refractivity contribution in [3.05, 3.63) is 28.7 Å². The molecule has 1 aliphatic rings. The molecule has 3 heteroatoms.